The second kappa shape index (κ2) is 4.51. The molecule has 0 aliphatic heterocycles. The van der Waals surface area contributed by atoms with E-state index in [1.807, 2.05) is 27.7 Å². The van der Waals surface area contributed by atoms with E-state index in [-0.39, 0.29) is 17.2 Å². The Balaban J connectivity index is 2.68. The molecule has 0 aliphatic rings. The van der Waals surface area contributed by atoms with Crippen molar-refractivity contribution in [1.82, 2.24) is 4.98 Å². The second-order valence-corrected chi connectivity index (χ2v) is 5.05. The maximum Gasteiger partial charge on any atom is 0.227 e. The first-order chi connectivity index (χ1) is 7.30. The fourth-order valence-corrected chi connectivity index (χ4v) is 1.12. The van der Waals surface area contributed by atoms with Crippen LogP contribution in [0.25, 0.3) is 0 Å². The second-order valence-electron chi connectivity index (χ2n) is 5.05. The van der Waals surface area contributed by atoms with Crippen LogP contribution in [0.15, 0.2) is 18.3 Å². The van der Waals surface area contributed by atoms with Gasteiger partial charge in [-0.3, -0.25) is 4.79 Å². The summed E-state index contributed by atoms with van der Waals surface area (Å²) < 4.78 is 0. The number of carbonyl (C=O) groups excluding carboxylic acids is 1. The van der Waals surface area contributed by atoms with Gasteiger partial charge < -0.3 is 11.1 Å². The van der Waals surface area contributed by atoms with E-state index in [4.69, 9.17) is 5.73 Å². The summed E-state index contributed by atoms with van der Waals surface area (Å²) in [7, 11) is 0. The van der Waals surface area contributed by atoms with E-state index >= 15 is 0 Å². The van der Waals surface area contributed by atoms with Crippen molar-refractivity contribution < 1.29 is 4.79 Å². The van der Waals surface area contributed by atoms with Crippen LogP contribution >= 0.6 is 0 Å². The molecule has 0 spiro atoms. The van der Waals surface area contributed by atoms with Gasteiger partial charge in [0.2, 0.25) is 5.91 Å². The molecule has 1 unspecified atom stereocenters. The van der Waals surface area contributed by atoms with Gasteiger partial charge in [-0.1, -0.05) is 27.7 Å². The highest BCUT2D eigenvalue weighted by Gasteiger charge is 2.26. The van der Waals surface area contributed by atoms with Crippen LogP contribution in [0.4, 0.5) is 11.5 Å². The number of amides is 1. The highest BCUT2D eigenvalue weighted by Crippen LogP contribution is 2.26. The van der Waals surface area contributed by atoms with Crippen molar-refractivity contribution in [3.05, 3.63) is 18.3 Å². The minimum absolute atomic E-state index is 0.000860. The lowest BCUT2D eigenvalue weighted by Crippen LogP contribution is -2.30. The number of anilines is 2. The topological polar surface area (TPSA) is 68.0 Å². The molecule has 0 bridgehead atoms. The number of nitrogens with zero attached hydrogens (tertiary/aromatic N) is 1. The van der Waals surface area contributed by atoms with Crippen molar-refractivity contribution in [3.63, 3.8) is 0 Å². The first-order valence-electron chi connectivity index (χ1n) is 5.33. The number of nitrogen functional groups attached to an aromatic ring is 1. The van der Waals surface area contributed by atoms with E-state index in [1.54, 1.807) is 18.3 Å². The number of carbonyl (C=O) groups is 1. The molecule has 0 saturated carbocycles. The minimum Gasteiger partial charge on any atom is -0.384 e. The van der Waals surface area contributed by atoms with E-state index in [1.165, 1.54) is 0 Å². The van der Waals surface area contributed by atoms with Crippen molar-refractivity contribution in [2.75, 3.05) is 11.1 Å². The number of rotatable bonds is 2. The maximum absolute atomic E-state index is 11.9. The zero-order chi connectivity index (χ0) is 12.3. The number of hydrogen-bond donors (Lipinski definition) is 2. The zero-order valence-electron chi connectivity index (χ0n) is 10.2. The van der Waals surface area contributed by atoms with Crippen LogP contribution in [0.5, 0.6) is 0 Å². The Bertz CT molecular complexity index is 365. The molecule has 4 nitrogen and oxygen atoms in total. The Morgan fingerprint density at radius 2 is 2.06 bits per heavy atom. The van der Waals surface area contributed by atoms with Crippen LogP contribution in [-0.4, -0.2) is 10.9 Å². The lowest BCUT2D eigenvalue weighted by molar-refractivity contribution is -0.122. The van der Waals surface area contributed by atoms with Crippen LogP contribution in [0.2, 0.25) is 0 Å². The van der Waals surface area contributed by atoms with Gasteiger partial charge in [0, 0.05) is 5.92 Å². The third-order valence-electron chi connectivity index (χ3n) is 2.75. The highest BCUT2D eigenvalue weighted by molar-refractivity contribution is 5.92. The van der Waals surface area contributed by atoms with Gasteiger partial charge in [-0.05, 0) is 17.5 Å². The van der Waals surface area contributed by atoms with Crippen molar-refractivity contribution >= 4 is 17.4 Å². The highest BCUT2D eigenvalue weighted by atomic mass is 16.1. The van der Waals surface area contributed by atoms with Gasteiger partial charge in [0.05, 0.1) is 11.9 Å². The molecule has 0 radical (unpaired) electrons. The molecule has 16 heavy (non-hydrogen) atoms. The first kappa shape index (κ1) is 12.5. The van der Waals surface area contributed by atoms with E-state index in [0.717, 1.165) is 0 Å². The maximum atomic E-state index is 11.9. The summed E-state index contributed by atoms with van der Waals surface area (Å²) in [5, 5.41) is 2.82. The van der Waals surface area contributed by atoms with E-state index < -0.39 is 0 Å². The molecule has 0 fully saturated rings. The molecule has 1 heterocycles. The molecule has 1 amide bonds. The van der Waals surface area contributed by atoms with Gasteiger partial charge in [-0.15, -0.1) is 0 Å². The first-order valence-corrected chi connectivity index (χ1v) is 5.33. The third-order valence-corrected chi connectivity index (χ3v) is 2.75. The van der Waals surface area contributed by atoms with E-state index in [2.05, 4.69) is 10.3 Å². The molecule has 0 aliphatic carbocycles. The Hall–Kier alpha value is -1.58. The summed E-state index contributed by atoms with van der Waals surface area (Å²) in [5.41, 5.74) is 6.09. The SMILES string of the molecule is CC(C(=O)Nc1ccc(N)nc1)C(C)(C)C. The van der Waals surface area contributed by atoms with Crippen LogP contribution < -0.4 is 11.1 Å². The zero-order valence-corrected chi connectivity index (χ0v) is 10.2. The largest absolute Gasteiger partial charge is 0.384 e. The summed E-state index contributed by atoms with van der Waals surface area (Å²) in [5.74, 6) is 0.381. The Labute approximate surface area is 96.3 Å². The van der Waals surface area contributed by atoms with E-state index in [9.17, 15) is 4.79 Å². The number of hydrogen-bond acceptors (Lipinski definition) is 3. The summed E-state index contributed by atoms with van der Waals surface area (Å²) >= 11 is 0. The minimum atomic E-state index is -0.0648. The molecule has 1 atom stereocenters. The fraction of sp³-hybridized carbons (Fsp3) is 0.500. The van der Waals surface area contributed by atoms with Crippen molar-refractivity contribution in [2.45, 2.75) is 27.7 Å². The molecule has 1 rings (SSSR count). The number of pyridine rings is 1. The third kappa shape index (κ3) is 3.22. The molecule has 1 aromatic rings. The van der Waals surface area contributed by atoms with Crippen LogP contribution in [0, 0.1) is 11.3 Å². The van der Waals surface area contributed by atoms with Crippen LogP contribution in [0.1, 0.15) is 27.7 Å². The quantitative estimate of drug-likeness (QED) is 0.805. The Kier molecular flexibility index (Phi) is 3.52. The summed E-state index contributed by atoms with van der Waals surface area (Å²) in [6, 6.07) is 3.41. The summed E-state index contributed by atoms with van der Waals surface area (Å²) in [6.07, 6.45) is 1.56. The van der Waals surface area contributed by atoms with Crippen molar-refractivity contribution in [2.24, 2.45) is 11.3 Å². The van der Waals surface area contributed by atoms with Crippen molar-refractivity contribution in [3.8, 4) is 0 Å². The fourth-order valence-electron chi connectivity index (χ4n) is 1.12. The molecular weight excluding hydrogens is 202 g/mol. The average molecular weight is 221 g/mol. The lowest BCUT2D eigenvalue weighted by Gasteiger charge is -2.25. The van der Waals surface area contributed by atoms with Crippen molar-refractivity contribution in [1.29, 1.82) is 0 Å². The van der Waals surface area contributed by atoms with Gasteiger partial charge in [0.1, 0.15) is 5.82 Å². The Morgan fingerprint density at radius 3 is 2.50 bits per heavy atom. The molecule has 3 N–H and O–H groups in total. The van der Waals surface area contributed by atoms with Crippen LogP contribution in [0.3, 0.4) is 0 Å². The smallest absolute Gasteiger partial charge is 0.227 e. The van der Waals surface area contributed by atoms with Gasteiger partial charge in [0.15, 0.2) is 0 Å². The standard InChI is InChI=1S/C12H19N3O/c1-8(12(2,3)4)11(16)15-9-5-6-10(13)14-7-9/h5-8H,1-4H3,(H2,13,14)(H,15,16). The molecular formula is C12H19N3O. The van der Waals surface area contributed by atoms with Gasteiger partial charge >= 0.3 is 0 Å². The summed E-state index contributed by atoms with van der Waals surface area (Å²) in [4.78, 5) is 15.8. The molecule has 88 valence electrons. The van der Waals surface area contributed by atoms with Gasteiger partial charge in [-0.25, -0.2) is 4.98 Å². The number of aromatic nitrogens is 1. The summed E-state index contributed by atoms with van der Waals surface area (Å²) in [6.45, 7) is 8.04. The molecule has 4 heteroatoms. The van der Waals surface area contributed by atoms with E-state index in [0.29, 0.717) is 11.5 Å². The number of nitrogens with two attached hydrogens (primary N) is 1. The predicted octanol–water partition coefficient (Wildman–Crippen LogP) is 2.28. The number of nitrogens with one attached hydrogen (secondary N) is 1. The van der Waals surface area contributed by atoms with Crippen LogP contribution in [-0.2, 0) is 4.79 Å². The lowest BCUT2D eigenvalue weighted by atomic mass is 9.81. The molecule has 1 aromatic heterocycles. The van der Waals surface area contributed by atoms with Gasteiger partial charge in [0.25, 0.3) is 0 Å². The average Bonchev–Trinajstić information content (AvgIpc) is 2.19. The predicted molar refractivity (Wildman–Crippen MR) is 65.9 cm³/mol. The molecule has 0 aromatic carbocycles. The Morgan fingerprint density at radius 1 is 1.44 bits per heavy atom. The normalized spacial score (nSPS) is 13.2. The monoisotopic (exact) mass is 221 g/mol. The molecule has 0 saturated heterocycles. The van der Waals surface area contributed by atoms with Gasteiger partial charge in [-0.2, -0.15) is 0 Å².